The number of anilines is 2. The molecule has 1 aromatic carbocycles. The van der Waals surface area contributed by atoms with Gasteiger partial charge in [-0.25, -0.2) is 9.97 Å². The van der Waals surface area contributed by atoms with E-state index in [0.717, 1.165) is 25.9 Å². The maximum Gasteiger partial charge on any atom is 0.272 e. The summed E-state index contributed by atoms with van der Waals surface area (Å²) in [6, 6.07) is 6.71. The van der Waals surface area contributed by atoms with Crippen LogP contribution in [0.1, 0.15) is 29.8 Å². The van der Waals surface area contributed by atoms with Gasteiger partial charge in [0.15, 0.2) is 0 Å². The van der Waals surface area contributed by atoms with Crippen LogP contribution >= 0.6 is 23.2 Å². The lowest BCUT2D eigenvalue weighted by molar-refractivity contribution is 0.0718. The van der Waals surface area contributed by atoms with Crippen molar-refractivity contribution >= 4 is 40.7 Å². The molecule has 120 valence electrons. The highest BCUT2D eigenvalue weighted by molar-refractivity contribution is 6.35. The number of carbonyl (C=O) groups excluding carboxylic acids is 1. The van der Waals surface area contributed by atoms with Gasteiger partial charge < -0.3 is 10.2 Å². The first kappa shape index (κ1) is 16.0. The zero-order valence-electron chi connectivity index (χ0n) is 12.4. The molecule has 0 atom stereocenters. The van der Waals surface area contributed by atoms with Crippen LogP contribution in [0, 0.1) is 0 Å². The number of amides is 1. The second-order valence-electron chi connectivity index (χ2n) is 5.40. The number of rotatable bonds is 3. The molecule has 0 unspecified atom stereocenters. The summed E-state index contributed by atoms with van der Waals surface area (Å²) in [4.78, 5) is 22.8. The van der Waals surface area contributed by atoms with Crippen LogP contribution in [0.2, 0.25) is 10.0 Å². The standard InChI is InChI=1S/C16H16Cl2N4O/c17-11-8-12(18)10-13(9-11)20-16-19-5-4-14(21-16)15(23)22-6-2-1-3-7-22/h4-5,8-10H,1-3,6-7H2,(H,19,20,21). The Labute approximate surface area is 144 Å². The molecule has 0 aliphatic carbocycles. The Kier molecular flexibility index (Phi) is 4.98. The number of carbonyl (C=O) groups is 1. The van der Waals surface area contributed by atoms with E-state index in [-0.39, 0.29) is 5.91 Å². The molecule has 1 N–H and O–H groups in total. The number of hydrogen-bond donors (Lipinski definition) is 1. The van der Waals surface area contributed by atoms with E-state index in [9.17, 15) is 4.79 Å². The minimum atomic E-state index is -0.0562. The van der Waals surface area contributed by atoms with Gasteiger partial charge in [-0.3, -0.25) is 4.79 Å². The number of benzene rings is 1. The third-order valence-electron chi connectivity index (χ3n) is 3.64. The molecule has 0 radical (unpaired) electrons. The Morgan fingerprint density at radius 1 is 1.09 bits per heavy atom. The van der Waals surface area contributed by atoms with Gasteiger partial charge in [-0.05, 0) is 43.5 Å². The van der Waals surface area contributed by atoms with E-state index in [4.69, 9.17) is 23.2 Å². The highest BCUT2D eigenvalue weighted by atomic mass is 35.5. The fourth-order valence-corrected chi connectivity index (χ4v) is 3.08. The molecule has 1 aliphatic rings. The lowest BCUT2D eigenvalue weighted by Crippen LogP contribution is -2.36. The number of nitrogens with one attached hydrogen (secondary N) is 1. The molecule has 3 rings (SSSR count). The number of hydrogen-bond acceptors (Lipinski definition) is 4. The molecule has 1 amide bonds. The zero-order chi connectivity index (χ0) is 16.2. The number of likely N-dealkylation sites (tertiary alicyclic amines) is 1. The molecule has 2 aromatic rings. The van der Waals surface area contributed by atoms with E-state index >= 15 is 0 Å². The summed E-state index contributed by atoms with van der Waals surface area (Å²) in [5.74, 6) is 0.283. The fourth-order valence-electron chi connectivity index (χ4n) is 2.55. The summed E-state index contributed by atoms with van der Waals surface area (Å²) in [5.41, 5.74) is 1.06. The van der Waals surface area contributed by atoms with Crippen LogP contribution in [-0.2, 0) is 0 Å². The number of aromatic nitrogens is 2. The molecular formula is C16H16Cl2N4O. The van der Waals surface area contributed by atoms with Crippen molar-refractivity contribution < 1.29 is 4.79 Å². The minimum Gasteiger partial charge on any atom is -0.337 e. The zero-order valence-corrected chi connectivity index (χ0v) is 13.9. The molecule has 0 spiro atoms. The first-order valence-corrected chi connectivity index (χ1v) is 8.23. The minimum absolute atomic E-state index is 0.0562. The highest BCUT2D eigenvalue weighted by Gasteiger charge is 2.19. The normalized spacial score (nSPS) is 14.6. The first-order valence-electron chi connectivity index (χ1n) is 7.47. The molecule has 23 heavy (non-hydrogen) atoms. The second-order valence-corrected chi connectivity index (χ2v) is 6.27. The first-order chi connectivity index (χ1) is 11.1. The third kappa shape index (κ3) is 4.12. The summed E-state index contributed by atoms with van der Waals surface area (Å²) >= 11 is 11.9. The average Bonchev–Trinajstić information content (AvgIpc) is 2.54. The van der Waals surface area contributed by atoms with E-state index < -0.39 is 0 Å². The summed E-state index contributed by atoms with van der Waals surface area (Å²) in [5, 5.41) is 4.05. The predicted molar refractivity (Wildman–Crippen MR) is 91.5 cm³/mol. The van der Waals surface area contributed by atoms with Gasteiger partial charge in [0.05, 0.1) is 0 Å². The van der Waals surface area contributed by atoms with Gasteiger partial charge in [-0.15, -0.1) is 0 Å². The molecule has 1 aliphatic heterocycles. The Morgan fingerprint density at radius 3 is 2.48 bits per heavy atom. The van der Waals surface area contributed by atoms with E-state index in [1.165, 1.54) is 6.42 Å². The molecule has 1 saturated heterocycles. The van der Waals surface area contributed by atoms with Gasteiger partial charge in [-0.2, -0.15) is 0 Å². The molecule has 7 heteroatoms. The van der Waals surface area contributed by atoms with Gasteiger partial charge in [0.25, 0.3) is 5.91 Å². The van der Waals surface area contributed by atoms with Gasteiger partial charge in [0.2, 0.25) is 5.95 Å². The molecule has 0 saturated carbocycles. The van der Waals surface area contributed by atoms with Crippen LogP contribution in [-0.4, -0.2) is 33.9 Å². The van der Waals surface area contributed by atoms with Crippen molar-refractivity contribution in [1.82, 2.24) is 14.9 Å². The summed E-state index contributed by atoms with van der Waals surface area (Å²) in [7, 11) is 0. The summed E-state index contributed by atoms with van der Waals surface area (Å²) in [6.45, 7) is 1.57. The smallest absolute Gasteiger partial charge is 0.272 e. The van der Waals surface area contributed by atoms with Crippen molar-refractivity contribution in [3.63, 3.8) is 0 Å². The van der Waals surface area contributed by atoms with Gasteiger partial charge in [0.1, 0.15) is 5.69 Å². The maximum absolute atomic E-state index is 12.5. The topological polar surface area (TPSA) is 58.1 Å². The Balaban J connectivity index is 1.77. The van der Waals surface area contributed by atoms with E-state index in [2.05, 4.69) is 15.3 Å². The van der Waals surface area contributed by atoms with E-state index in [0.29, 0.717) is 27.4 Å². The van der Waals surface area contributed by atoms with Crippen molar-refractivity contribution in [2.45, 2.75) is 19.3 Å². The molecule has 2 heterocycles. The average molecular weight is 351 g/mol. The molecule has 0 bridgehead atoms. The van der Waals surface area contributed by atoms with Crippen LogP contribution in [0.3, 0.4) is 0 Å². The van der Waals surface area contributed by atoms with Crippen molar-refractivity contribution in [3.8, 4) is 0 Å². The Hall–Kier alpha value is -1.85. The largest absolute Gasteiger partial charge is 0.337 e. The number of nitrogens with zero attached hydrogens (tertiary/aromatic N) is 3. The number of piperidine rings is 1. The van der Waals surface area contributed by atoms with Gasteiger partial charge in [0, 0.05) is 35.0 Å². The Morgan fingerprint density at radius 2 is 1.78 bits per heavy atom. The van der Waals surface area contributed by atoms with E-state index in [1.807, 2.05) is 4.90 Å². The van der Waals surface area contributed by atoms with E-state index in [1.54, 1.807) is 30.5 Å². The monoisotopic (exact) mass is 350 g/mol. The van der Waals surface area contributed by atoms with Crippen LogP contribution in [0.4, 0.5) is 11.6 Å². The van der Waals surface area contributed by atoms with Crippen molar-refractivity contribution in [1.29, 1.82) is 0 Å². The van der Waals surface area contributed by atoms with Crippen molar-refractivity contribution in [2.24, 2.45) is 0 Å². The predicted octanol–water partition coefficient (Wildman–Crippen LogP) is 4.15. The maximum atomic E-state index is 12.5. The fraction of sp³-hybridized carbons (Fsp3) is 0.312. The SMILES string of the molecule is O=C(c1ccnc(Nc2cc(Cl)cc(Cl)c2)n1)N1CCCCC1. The molecular weight excluding hydrogens is 335 g/mol. The molecule has 1 aromatic heterocycles. The lowest BCUT2D eigenvalue weighted by atomic mass is 10.1. The van der Waals surface area contributed by atoms with Gasteiger partial charge in [-0.1, -0.05) is 23.2 Å². The van der Waals surface area contributed by atoms with Gasteiger partial charge >= 0.3 is 0 Å². The molecule has 1 fully saturated rings. The quantitative estimate of drug-likeness (QED) is 0.902. The number of halogens is 2. The van der Waals surface area contributed by atoms with Crippen molar-refractivity contribution in [2.75, 3.05) is 18.4 Å². The third-order valence-corrected chi connectivity index (χ3v) is 4.07. The summed E-state index contributed by atoms with van der Waals surface area (Å²) < 4.78 is 0. The van der Waals surface area contributed by atoms with Crippen LogP contribution in [0.25, 0.3) is 0 Å². The lowest BCUT2D eigenvalue weighted by Gasteiger charge is -2.26. The molecule has 5 nitrogen and oxygen atoms in total. The van der Waals surface area contributed by atoms with Crippen LogP contribution < -0.4 is 5.32 Å². The highest BCUT2D eigenvalue weighted by Crippen LogP contribution is 2.24. The second kappa shape index (κ2) is 7.15. The van der Waals surface area contributed by atoms with Crippen LogP contribution in [0.15, 0.2) is 30.5 Å². The summed E-state index contributed by atoms with van der Waals surface area (Å²) in [6.07, 6.45) is 4.83. The Bertz CT molecular complexity index is 697. The van der Waals surface area contributed by atoms with Crippen LogP contribution in [0.5, 0.6) is 0 Å². The van der Waals surface area contributed by atoms with Crippen molar-refractivity contribution in [3.05, 3.63) is 46.2 Å².